The molecule has 0 saturated heterocycles. The quantitative estimate of drug-likeness (QED) is 0.375. The highest BCUT2D eigenvalue weighted by Crippen LogP contribution is 2.18. The fourth-order valence-electron chi connectivity index (χ4n) is 1.65. The van der Waals surface area contributed by atoms with Gasteiger partial charge in [0.25, 0.3) is 11.2 Å². The smallest absolute Gasteiger partial charge is 0.271 e. The van der Waals surface area contributed by atoms with E-state index in [1.54, 1.807) is 13.0 Å². The number of hydrogen-bond donors (Lipinski definition) is 2. The second-order valence-electron chi connectivity index (χ2n) is 4.34. The van der Waals surface area contributed by atoms with Gasteiger partial charge in [0, 0.05) is 29.6 Å². The number of nitro groups is 1. The number of non-ortho nitro benzene ring substituents is 1. The summed E-state index contributed by atoms with van der Waals surface area (Å²) in [7, 11) is 0. The minimum absolute atomic E-state index is 0.0229. The Morgan fingerprint density at radius 1 is 1.45 bits per heavy atom. The van der Waals surface area contributed by atoms with Gasteiger partial charge in [0.05, 0.1) is 10.7 Å². The summed E-state index contributed by atoms with van der Waals surface area (Å²) in [6.45, 7) is 1.68. The Morgan fingerprint density at radius 3 is 2.91 bits per heavy atom. The Kier molecular flexibility index (Phi) is 4.89. The largest absolute Gasteiger partial charge is 0.325 e. The van der Waals surface area contributed by atoms with Crippen LogP contribution in [0.15, 0.2) is 40.3 Å². The van der Waals surface area contributed by atoms with Crippen LogP contribution in [0.1, 0.15) is 5.69 Å². The van der Waals surface area contributed by atoms with Crippen molar-refractivity contribution in [3.8, 4) is 0 Å². The first-order valence-electron chi connectivity index (χ1n) is 6.19. The van der Waals surface area contributed by atoms with E-state index in [4.69, 9.17) is 0 Å². The van der Waals surface area contributed by atoms with Crippen molar-refractivity contribution in [2.75, 3.05) is 11.1 Å². The van der Waals surface area contributed by atoms with Crippen molar-refractivity contribution in [3.05, 3.63) is 56.5 Å². The maximum atomic E-state index is 11.8. The number of amides is 1. The number of carbonyl (C=O) groups excluding carboxylic acids is 1. The molecular formula is C13H12N4O4S. The average molecular weight is 320 g/mol. The molecule has 2 aromatic rings. The minimum atomic E-state index is -0.536. The summed E-state index contributed by atoms with van der Waals surface area (Å²) in [6.07, 6.45) is 0. The lowest BCUT2D eigenvalue weighted by molar-refractivity contribution is -0.384. The van der Waals surface area contributed by atoms with Crippen LogP contribution in [0.5, 0.6) is 0 Å². The molecule has 0 radical (unpaired) electrons. The lowest BCUT2D eigenvalue weighted by Gasteiger charge is -2.05. The number of nitro benzene ring substituents is 1. The van der Waals surface area contributed by atoms with Gasteiger partial charge in [-0.15, -0.1) is 0 Å². The van der Waals surface area contributed by atoms with Gasteiger partial charge in [0.15, 0.2) is 5.16 Å². The van der Waals surface area contributed by atoms with Crippen molar-refractivity contribution in [2.24, 2.45) is 0 Å². The highest BCUT2D eigenvalue weighted by atomic mass is 32.2. The number of anilines is 1. The van der Waals surface area contributed by atoms with Crippen LogP contribution in [-0.4, -0.2) is 26.6 Å². The lowest BCUT2D eigenvalue weighted by Crippen LogP contribution is -2.15. The number of aromatic nitrogens is 2. The van der Waals surface area contributed by atoms with Crippen LogP contribution in [0.25, 0.3) is 0 Å². The first-order valence-corrected chi connectivity index (χ1v) is 7.17. The second kappa shape index (κ2) is 6.85. The number of hydrogen-bond acceptors (Lipinski definition) is 6. The molecule has 0 saturated carbocycles. The van der Waals surface area contributed by atoms with Crippen molar-refractivity contribution >= 4 is 29.0 Å². The third-order valence-electron chi connectivity index (χ3n) is 2.53. The highest BCUT2D eigenvalue weighted by molar-refractivity contribution is 7.99. The molecule has 0 aliphatic heterocycles. The van der Waals surface area contributed by atoms with E-state index < -0.39 is 4.92 Å². The van der Waals surface area contributed by atoms with Crippen LogP contribution < -0.4 is 10.9 Å². The molecule has 0 spiro atoms. The van der Waals surface area contributed by atoms with E-state index in [0.29, 0.717) is 16.5 Å². The van der Waals surface area contributed by atoms with E-state index in [0.717, 1.165) is 11.8 Å². The van der Waals surface area contributed by atoms with Crippen LogP contribution in [0.3, 0.4) is 0 Å². The number of H-pyrrole nitrogens is 1. The van der Waals surface area contributed by atoms with Gasteiger partial charge in [-0.3, -0.25) is 19.7 Å². The van der Waals surface area contributed by atoms with Gasteiger partial charge < -0.3 is 10.3 Å². The summed E-state index contributed by atoms with van der Waals surface area (Å²) in [4.78, 5) is 39.8. The molecule has 0 bridgehead atoms. The van der Waals surface area contributed by atoms with Gasteiger partial charge in [-0.25, -0.2) is 4.98 Å². The summed E-state index contributed by atoms with van der Waals surface area (Å²) in [5, 5.41) is 13.6. The van der Waals surface area contributed by atoms with Gasteiger partial charge in [-0.05, 0) is 13.0 Å². The zero-order valence-corrected chi connectivity index (χ0v) is 12.3. The molecule has 22 heavy (non-hydrogen) atoms. The molecule has 1 amide bonds. The average Bonchev–Trinajstić information content (AvgIpc) is 2.44. The number of benzene rings is 1. The number of aryl methyl sites for hydroxylation is 1. The monoisotopic (exact) mass is 320 g/mol. The van der Waals surface area contributed by atoms with E-state index in [-0.39, 0.29) is 22.9 Å². The number of nitrogens with zero attached hydrogens (tertiary/aromatic N) is 2. The van der Waals surface area contributed by atoms with Gasteiger partial charge in [0.2, 0.25) is 5.91 Å². The van der Waals surface area contributed by atoms with E-state index >= 15 is 0 Å². The predicted molar refractivity (Wildman–Crippen MR) is 82.0 cm³/mol. The molecule has 2 rings (SSSR count). The topological polar surface area (TPSA) is 118 Å². The Labute approximate surface area is 129 Å². The van der Waals surface area contributed by atoms with Crippen molar-refractivity contribution in [3.63, 3.8) is 0 Å². The van der Waals surface area contributed by atoms with Crippen LogP contribution in [0, 0.1) is 17.0 Å². The van der Waals surface area contributed by atoms with E-state index in [1.807, 2.05) is 0 Å². The number of rotatable bonds is 5. The third kappa shape index (κ3) is 4.42. The normalized spacial score (nSPS) is 10.2. The Balaban J connectivity index is 1.97. The fourth-order valence-corrected chi connectivity index (χ4v) is 2.37. The van der Waals surface area contributed by atoms with Gasteiger partial charge in [-0.2, -0.15) is 0 Å². The zero-order chi connectivity index (χ0) is 16.1. The first kappa shape index (κ1) is 15.7. The zero-order valence-electron chi connectivity index (χ0n) is 11.5. The molecule has 1 aromatic heterocycles. The Hall–Kier alpha value is -2.68. The molecule has 0 unspecified atom stereocenters. The van der Waals surface area contributed by atoms with Crippen molar-refractivity contribution in [2.45, 2.75) is 12.1 Å². The van der Waals surface area contributed by atoms with Gasteiger partial charge in [-0.1, -0.05) is 17.8 Å². The Bertz CT molecular complexity index is 775. The van der Waals surface area contributed by atoms with E-state index in [2.05, 4.69) is 15.3 Å². The fraction of sp³-hybridized carbons (Fsp3) is 0.154. The van der Waals surface area contributed by atoms with Crippen LogP contribution >= 0.6 is 11.8 Å². The minimum Gasteiger partial charge on any atom is -0.325 e. The van der Waals surface area contributed by atoms with Crippen LogP contribution in [0.4, 0.5) is 11.4 Å². The van der Waals surface area contributed by atoms with E-state index in [9.17, 15) is 19.7 Å². The molecule has 0 fully saturated rings. The molecule has 0 atom stereocenters. The number of nitrogens with one attached hydrogen (secondary N) is 2. The predicted octanol–water partition coefficient (Wildman–Crippen LogP) is 1.72. The standard InChI is InChI=1S/C13H12N4O4S/c1-8-5-11(18)16-13(14-8)22-7-12(19)15-9-3-2-4-10(6-9)17(20)21/h2-6H,7H2,1H3,(H,15,19)(H,14,16,18). The second-order valence-corrected chi connectivity index (χ2v) is 5.30. The summed E-state index contributed by atoms with van der Waals surface area (Å²) in [5.74, 6) is -0.329. The number of aromatic amines is 1. The Morgan fingerprint density at radius 2 is 2.23 bits per heavy atom. The molecule has 0 aliphatic rings. The van der Waals surface area contributed by atoms with Crippen molar-refractivity contribution in [1.29, 1.82) is 0 Å². The molecular weight excluding hydrogens is 308 g/mol. The molecule has 8 nitrogen and oxygen atoms in total. The van der Waals surface area contributed by atoms with Crippen LogP contribution in [0.2, 0.25) is 0 Å². The third-order valence-corrected chi connectivity index (χ3v) is 3.40. The molecule has 1 heterocycles. The SMILES string of the molecule is Cc1cc(=O)[nH]c(SCC(=O)Nc2cccc([N+](=O)[O-])c2)n1. The maximum absolute atomic E-state index is 11.8. The number of thioether (sulfide) groups is 1. The first-order chi connectivity index (χ1) is 10.4. The van der Waals surface area contributed by atoms with Gasteiger partial charge >= 0.3 is 0 Å². The van der Waals surface area contributed by atoms with Crippen LogP contribution in [-0.2, 0) is 4.79 Å². The maximum Gasteiger partial charge on any atom is 0.271 e. The van der Waals surface area contributed by atoms with Crippen molar-refractivity contribution < 1.29 is 9.72 Å². The van der Waals surface area contributed by atoms with E-state index in [1.165, 1.54) is 24.3 Å². The summed E-state index contributed by atoms with van der Waals surface area (Å²) in [6, 6.07) is 7.01. The van der Waals surface area contributed by atoms with Gasteiger partial charge in [0.1, 0.15) is 0 Å². The summed E-state index contributed by atoms with van der Waals surface area (Å²) >= 11 is 1.07. The summed E-state index contributed by atoms with van der Waals surface area (Å²) < 4.78 is 0. The highest BCUT2D eigenvalue weighted by Gasteiger charge is 2.09. The number of carbonyl (C=O) groups is 1. The lowest BCUT2D eigenvalue weighted by atomic mass is 10.3. The van der Waals surface area contributed by atoms with Crippen molar-refractivity contribution in [1.82, 2.24) is 9.97 Å². The summed E-state index contributed by atoms with van der Waals surface area (Å²) in [5.41, 5.74) is 0.514. The molecule has 9 heteroatoms. The molecule has 2 N–H and O–H groups in total. The molecule has 0 aliphatic carbocycles. The molecule has 1 aromatic carbocycles. The molecule has 114 valence electrons.